The van der Waals surface area contributed by atoms with Crippen molar-refractivity contribution in [1.29, 1.82) is 0 Å². The first-order valence-corrected chi connectivity index (χ1v) is 9.91. The van der Waals surface area contributed by atoms with Crippen molar-refractivity contribution in [2.45, 2.75) is 12.3 Å². The van der Waals surface area contributed by atoms with Gasteiger partial charge in [0.1, 0.15) is 17.9 Å². The standard InChI is InChI=1S/C23H25N5O/c1-3-8-28-12-16(13-28)18-10-19-21(11-22(18)29-2)25-14-26-23(19)27-17-4-5-20-15(9-17)6-7-24-20/h3-5,9-11,14,16,24H,1,6-8,12-13H2,2H3,(H,25,26,27)/i8D. The zero-order valence-corrected chi connectivity index (χ0v) is 16.5. The second kappa shape index (κ2) is 7.37. The molecule has 1 saturated heterocycles. The molecule has 0 bridgehead atoms. The second-order valence-corrected chi connectivity index (χ2v) is 7.54. The third-order valence-corrected chi connectivity index (χ3v) is 5.73. The molecule has 1 unspecified atom stereocenters. The van der Waals surface area contributed by atoms with Gasteiger partial charge in [-0.3, -0.25) is 4.90 Å². The Hall–Kier alpha value is -3.12. The molecule has 3 heterocycles. The predicted octanol–water partition coefficient (Wildman–Crippen LogP) is 3.94. The fourth-order valence-electron chi connectivity index (χ4n) is 4.20. The van der Waals surface area contributed by atoms with Gasteiger partial charge >= 0.3 is 0 Å². The summed E-state index contributed by atoms with van der Waals surface area (Å²) < 4.78 is 13.7. The van der Waals surface area contributed by atoms with Gasteiger partial charge in [0.05, 0.1) is 12.6 Å². The Morgan fingerprint density at radius 2 is 2.24 bits per heavy atom. The van der Waals surface area contributed by atoms with Crippen molar-refractivity contribution in [3.05, 3.63) is 60.4 Å². The number of nitrogens with one attached hydrogen (secondary N) is 2. The molecule has 0 spiro atoms. The van der Waals surface area contributed by atoms with Gasteiger partial charge in [-0.05, 0) is 36.2 Å². The number of rotatable bonds is 6. The fraction of sp³-hybridized carbons (Fsp3) is 0.304. The third kappa shape index (κ3) is 3.29. The fourth-order valence-corrected chi connectivity index (χ4v) is 4.20. The van der Waals surface area contributed by atoms with Crippen LogP contribution in [0.4, 0.5) is 17.2 Å². The summed E-state index contributed by atoms with van der Waals surface area (Å²) in [6.45, 7) is 5.99. The van der Waals surface area contributed by atoms with Crippen molar-refractivity contribution in [3.8, 4) is 5.75 Å². The van der Waals surface area contributed by atoms with E-state index in [0.717, 1.165) is 59.8 Å². The number of fused-ring (bicyclic) bond motifs is 2. The summed E-state index contributed by atoms with van der Waals surface area (Å²) in [4.78, 5) is 11.1. The molecule has 5 rings (SSSR count). The van der Waals surface area contributed by atoms with Crippen LogP contribution in [-0.4, -0.2) is 48.1 Å². The first-order chi connectivity index (χ1) is 14.7. The van der Waals surface area contributed by atoms with Crippen molar-refractivity contribution in [1.82, 2.24) is 14.9 Å². The maximum Gasteiger partial charge on any atom is 0.141 e. The van der Waals surface area contributed by atoms with E-state index in [-0.39, 0.29) is 6.52 Å². The smallest absolute Gasteiger partial charge is 0.141 e. The minimum Gasteiger partial charge on any atom is -0.496 e. The van der Waals surface area contributed by atoms with Crippen LogP contribution in [0.15, 0.2) is 49.3 Å². The van der Waals surface area contributed by atoms with E-state index in [1.165, 1.54) is 11.3 Å². The number of ether oxygens (including phenoxy) is 1. The van der Waals surface area contributed by atoms with Gasteiger partial charge in [0.25, 0.3) is 0 Å². The van der Waals surface area contributed by atoms with Gasteiger partial charge in [0.2, 0.25) is 0 Å². The van der Waals surface area contributed by atoms with Gasteiger partial charge in [-0.1, -0.05) is 6.08 Å². The lowest BCUT2D eigenvalue weighted by molar-refractivity contribution is 0.165. The van der Waals surface area contributed by atoms with Crippen molar-refractivity contribution in [2.24, 2.45) is 0 Å². The molecular weight excluding hydrogens is 362 g/mol. The van der Waals surface area contributed by atoms with Crippen molar-refractivity contribution in [3.63, 3.8) is 0 Å². The van der Waals surface area contributed by atoms with E-state index in [1.54, 1.807) is 19.5 Å². The van der Waals surface area contributed by atoms with E-state index in [0.29, 0.717) is 5.92 Å². The summed E-state index contributed by atoms with van der Waals surface area (Å²) in [5.41, 5.74) is 5.53. The highest BCUT2D eigenvalue weighted by Crippen LogP contribution is 2.38. The third-order valence-electron chi connectivity index (χ3n) is 5.73. The SMILES string of the molecule is [2H]C(C=C)N1CC(c2cc3c(Nc4ccc5c(c4)CCN5)ncnc3cc2OC)C1. The van der Waals surface area contributed by atoms with E-state index in [4.69, 9.17) is 6.11 Å². The molecule has 0 amide bonds. The zero-order valence-electron chi connectivity index (χ0n) is 17.5. The van der Waals surface area contributed by atoms with Gasteiger partial charge in [-0.2, -0.15) is 0 Å². The Morgan fingerprint density at radius 1 is 1.34 bits per heavy atom. The van der Waals surface area contributed by atoms with Crippen LogP contribution in [0.1, 0.15) is 18.4 Å². The topological polar surface area (TPSA) is 62.3 Å². The van der Waals surface area contributed by atoms with Crippen LogP contribution in [0.2, 0.25) is 0 Å². The Labute approximate surface area is 172 Å². The molecule has 0 aliphatic carbocycles. The molecule has 3 aromatic rings. The number of hydrogen-bond acceptors (Lipinski definition) is 6. The van der Waals surface area contributed by atoms with E-state index < -0.39 is 0 Å². The Kier molecular flexibility index (Phi) is 4.27. The first-order valence-electron chi connectivity index (χ1n) is 10.5. The van der Waals surface area contributed by atoms with E-state index in [1.807, 2.05) is 6.07 Å². The molecular formula is C23H25N5O. The van der Waals surface area contributed by atoms with Crippen LogP contribution >= 0.6 is 0 Å². The van der Waals surface area contributed by atoms with Crippen LogP contribution in [0.3, 0.4) is 0 Å². The van der Waals surface area contributed by atoms with Gasteiger partial charge < -0.3 is 15.4 Å². The highest BCUT2D eigenvalue weighted by molar-refractivity contribution is 5.92. The van der Waals surface area contributed by atoms with Crippen LogP contribution in [0, 0.1) is 0 Å². The maximum absolute atomic E-state index is 8.01. The molecule has 2 N–H and O–H groups in total. The van der Waals surface area contributed by atoms with Gasteiger partial charge in [-0.25, -0.2) is 9.97 Å². The molecule has 1 fully saturated rings. The molecule has 0 radical (unpaired) electrons. The van der Waals surface area contributed by atoms with Gasteiger partial charge in [0, 0.05) is 61.8 Å². The monoisotopic (exact) mass is 388 g/mol. The summed E-state index contributed by atoms with van der Waals surface area (Å²) in [7, 11) is 1.69. The van der Waals surface area contributed by atoms with Crippen LogP contribution in [0.25, 0.3) is 10.9 Å². The number of likely N-dealkylation sites (tertiary alicyclic amines) is 1. The summed E-state index contributed by atoms with van der Waals surface area (Å²) >= 11 is 0. The zero-order chi connectivity index (χ0) is 20.7. The average molecular weight is 388 g/mol. The van der Waals surface area contributed by atoms with Crippen molar-refractivity contribution < 1.29 is 6.11 Å². The summed E-state index contributed by atoms with van der Waals surface area (Å²) in [5, 5.41) is 7.84. The maximum atomic E-state index is 8.01. The number of benzene rings is 2. The molecule has 2 aliphatic heterocycles. The molecule has 29 heavy (non-hydrogen) atoms. The Balaban J connectivity index is 1.48. The number of aromatic nitrogens is 2. The number of anilines is 3. The van der Waals surface area contributed by atoms with Crippen molar-refractivity contribution in [2.75, 3.05) is 43.9 Å². The summed E-state index contributed by atoms with van der Waals surface area (Å²) in [6.07, 6.45) is 4.28. The molecule has 148 valence electrons. The minimum atomic E-state index is -0.359. The molecule has 6 nitrogen and oxygen atoms in total. The lowest BCUT2D eigenvalue weighted by Gasteiger charge is -2.39. The van der Waals surface area contributed by atoms with Gasteiger partial charge in [-0.15, -0.1) is 6.58 Å². The van der Waals surface area contributed by atoms with Crippen LogP contribution < -0.4 is 15.4 Å². The predicted molar refractivity (Wildman–Crippen MR) is 117 cm³/mol. The van der Waals surface area contributed by atoms with E-state index in [2.05, 4.69) is 56.3 Å². The Morgan fingerprint density at radius 3 is 3.07 bits per heavy atom. The summed E-state index contributed by atoms with van der Waals surface area (Å²) in [6, 6.07) is 10.5. The molecule has 2 aromatic carbocycles. The number of nitrogens with zero attached hydrogens (tertiary/aromatic N) is 3. The molecule has 2 aliphatic rings. The van der Waals surface area contributed by atoms with E-state index >= 15 is 0 Å². The lowest BCUT2D eigenvalue weighted by Crippen LogP contribution is -2.44. The second-order valence-electron chi connectivity index (χ2n) is 7.54. The lowest BCUT2D eigenvalue weighted by atomic mass is 9.89. The first kappa shape index (κ1) is 16.8. The largest absolute Gasteiger partial charge is 0.496 e. The van der Waals surface area contributed by atoms with Crippen molar-refractivity contribution >= 4 is 28.1 Å². The molecule has 1 atom stereocenters. The van der Waals surface area contributed by atoms with Gasteiger partial charge in [0.15, 0.2) is 0 Å². The van der Waals surface area contributed by atoms with Crippen LogP contribution in [-0.2, 0) is 6.42 Å². The highest BCUT2D eigenvalue weighted by atomic mass is 16.5. The normalized spacial score (nSPS) is 17.8. The minimum absolute atomic E-state index is 0.316. The van der Waals surface area contributed by atoms with Crippen LogP contribution in [0.5, 0.6) is 5.75 Å². The molecule has 0 saturated carbocycles. The average Bonchev–Trinajstić information content (AvgIpc) is 3.20. The number of hydrogen-bond donors (Lipinski definition) is 2. The molecule has 1 aromatic heterocycles. The quantitative estimate of drug-likeness (QED) is 0.624. The highest BCUT2D eigenvalue weighted by Gasteiger charge is 2.30. The Bertz CT molecular complexity index is 1110. The molecule has 6 heteroatoms. The van der Waals surface area contributed by atoms with E-state index in [9.17, 15) is 0 Å². The number of methoxy groups -OCH3 is 1. The summed E-state index contributed by atoms with van der Waals surface area (Å²) in [5.74, 6) is 1.94.